The average Bonchev–Trinajstić information content (AvgIpc) is 2.55. The first kappa shape index (κ1) is 15.4. The van der Waals surface area contributed by atoms with Crippen molar-refractivity contribution in [3.63, 3.8) is 0 Å². The fraction of sp³-hybridized carbons (Fsp3) is 0.353. The molecule has 0 saturated carbocycles. The summed E-state index contributed by atoms with van der Waals surface area (Å²) in [5.74, 6) is -0.105. The van der Waals surface area contributed by atoms with E-state index in [2.05, 4.69) is 11.6 Å². The Morgan fingerprint density at radius 1 is 1.53 bits per heavy atom. The lowest BCUT2D eigenvalue weighted by molar-refractivity contribution is 0.653. The van der Waals surface area contributed by atoms with Crippen LogP contribution in [-0.2, 0) is 0 Å². The quantitative estimate of drug-likeness (QED) is 0.479. The molecule has 0 aromatic rings. The molecule has 0 aromatic carbocycles. The molecule has 1 nitrogen and oxygen atoms in total. The number of hydrogen-bond donors (Lipinski definition) is 0. The highest BCUT2D eigenvalue weighted by Crippen LogP contribution is 2.19. The van der Waals surface area contributed by atoms with Crippen LogP contribution in [0.4, 0.5) is 4.39 Å². The van der Waals surface area contributed by atoms with E-state index in [0.29, 0.717) is 0 Å². The van der Waals surface area contributed by atoms with Crippen LogP contribution < -0.4 is 0 Å². The summed E-state index contributed by atoms with van der Waals surface area (Å²) >= 11 is 0. The number of aliphatic imine (C=N–C) groups is 1. The Balaban J connectivity index is 3.06. The summed E-state index contributed by atoms with van der Waals surface area (Å²) in [6.07, 6.45) is 9.82. The third-order valence-corrected chi connectivity index (χ3v) is 3.06. The van der Waals surface area contributed by atoms with Gasteiger partial charge in [0.15, 0.2) is 0 Å². The van der Waals surface area contributed by atoms with Crippen molar-refractivity contribution >= 4 is 5.71 Å². The predicted octanol–water partition coefficient (Wildman–Crippen LogP) is 5.30. The van der Waals surface area contributed by atoms with Gasteiger partial charge >= 0.3 is 0 Å². The normalized spacial score (nSPS) is 20.8. The Labute approximate surface area is 115 Å². The molecule has 0 aromatic heterocycles. The molecule has 2 heteroatoms. The molecule has 19 heavy (non-hydrogen) atoms. The largest absolute Gasteiger partial charge is 0.253 e. The Kier molecular flexibility index (Phi) is 5.68. The van der Waals surface area contributed by atoms with E-state index < -0.39 is 0 Å². The lowest BCUT2D eigenvalue weighted by Crippen LogP contribution is -1.97. The SMILES string of the molecule is C=C(CC)/C(=C/C)N=C(C)C1=CC(F)=CC(C)C=C1. The van der Waals surface area contributed by atoms with Crippen molar-refractivity contribution in [2.45, 2.75) is 34.1 Å². The van der Waals surface area contributed by atoms with Crippen LogP contribution in [0.25, 0.3) is 0 Å². The summed E-state index contributed by atoms with van der Waals surface area (Å²) in [7, 11) is 0. The third-order valence-electron chi connectivity index (χ3n) is 3.06. The van der Waals surface area contributed by atoms with Crippen molar-refractivity contribution in [2.24, 2.45) is 10.9 Å². The zero-order chi connectivity index (χ0) is 14.4. The minimum atomic E-state index is -0.210. The van der Waals surface area contributed by atoms with Gasteiger partial charge in [0.2, 0.25) is 0 Å². The first-order valence-corrected chi connectivity index (χ1v) is 6.65. The lowest BCUT2D eigenvalue weighted by Gasteiger charge is -2.06. The first-order chi connectivity index (χ1) is 8.97. The van der Waals surface area contributed by atoms with Crippen molar-refractivity contribution in [3.8, 4) is 0 Å². The molecule has 102 valence electrons. The maximum Gasteiger partial charge on any atom is 0.120 e. The molecule has 0 bridgehead atoms. The van der Waals surface area contributed by atoms with Crippen LogP contribution in [0.3, 0.4) is 0 Å². The van der Waals surface area contributed by atoms with Crippen molar-refractivity contribution in [1.29, 1.82) is 0 Å². The highest BCUT2D eigenvalue weighted by Gasteiger charge is 2.07. The van der Waals surface area contributed by atoms with E-state index in [1.807, 2.05) is 45.9 Å². The Bertz CT molecular complexity index is 501. The second kappa shape index (κ2) is 7.03. The van der Waals surface area contributed by atoms with Crippen LogP contribution >= 0.6 is 0 Å². The van der Waals surface area contributed by atoms with Gasteiger partial charge in [-0.25, -0.2) is 4.39 Å². The zero-order valence-electron chi connectivity index (χ0n) is 12.2. The number of rotatable bonds is 4. The average molecular weight is 259 g/mol. The van der Waals surface area contributed by atoms with Crippen LogP contribution in [0, 0.1) is 5.92 Å². The van der Waals surface area contributed by atoms with E-state index in [1.165, 1.54) is 6.08 Å². The monoisotopic (exact) mass is 259 g/mol. The molecule has 0 saturated heterocycles. The molecule has 0 amide bonds. The minimum Gasteiger partial charge on any atom is -0.253 e. The first-order valence-electron chi connectivity index (χ1n) is 6.65. The molecule has 1 atom stereocenters. The van der Waals surface area contributed by atoms with Gasteiger partial charge < -0.3 is 0 Å². The number of allylic oxidation sites excluding steroid dienone is 8. The summed E-state index contributed by atoms with van der Waals surface area (Å²) in [5, 5.41) is 0. The standard InChI is InChI=1S/C17H22FN/c1-6-13(4)17(7-2)19-14(5)15-9-8-12(3)10-16(18)11-15/h7-12H,4,6H2,1-3,5H3/b17-7-,19-14?. The van der Waals surface area contributed by atoms with Gasteiger partial charge in [-0.15, -0.1) is 0 Å². The molecule has 0 N–H and O–H groups in total. The van der Waals surface area contributed by atoms with Crippen molar-refractivity contribution in [3.05, 3.63) is 59.6 Å². The van der Waals surface area contributed by atoms with Crippen LogP contribution in [0.5, 0.6) is 0 Å². The number of halogens is 1. The van der Waals surface area contributed by atoms with Crippen molar-refractivity contribution in [1.82, 2.24) is 0 Å². The molecule has 0 aliphatic heterocycles. The maximum atomic E-state index is 13.6. The minimum absolute atomic E-state index is 0.105. The molecule has 1 rings (SSSR count). The van der Waals surface area contributed by atoms with E-state index in [-0.39, 0.29) is 11.7 Å². The zero-order valence-corrected chi connectivity index (χ0v) is 12.2. The van der Waals surface area contributed by atoms with E-state index in [9.17, 15) is 4.39 Å². The number of nitrogens with zero attached hydrogens (tertiary/aromatic N) is 1. The van der Waals surface area contributed by atoms with Gasteiger partial charge in [-0.1, -0.05) is 38.7 Å². The Hall–Kier alpha value is -1.70. The maximum absolute atomic E-state index is 13.6. The Morgan fingerprint density at radius 2 is 2.21 bits per heavy atom. The molecule has 0 spiro atoms. The topological polar surface area (TPSA) is 12.4 Å². The lowest BCUT2D eigenvalue weighted by atomic mass is 10.1. The summed E-state index contributed by atoms with van der Waals surface area (Å²) < 4.78 is 13.6. The van der Waals surface area contributed by atoms with Gasteiger partial charge in [0.1, 0.15) is 5.83 Å². The van der Waals surface area contributed by atoms with Gasteiger partial charge in [-0.05, 0) is 49.5 Å². The van der Waals surface area contributed by atoms with Gasteiger partial charge in [0.05, 0.1) is 5.70 Å². The highest BCUT2D eigenvalue weighted by atomic mass is 19.1. The van der Waals surface area contributed by atoms with Gasteiger partial charge in [-0.3, -0.25) is 4.99 Å². The molecule has 1 aliphatic carbocycles. The van der Waals surface area contributed by atoms with Crippen LogP contribution in [0.2, 0.25) is 0 Å². The van der Waals surface area contributed by atoms with Crippen molar-refractivity contribution in [2.75, 3.05) is 0 Å². The molecule has 1 aliphatic rings. The van der Waals surface area contributed by atoms with Gasteiger partial charge in [0, 0.05) is 5.71 Å². The van der Waals surface area contributed by atoms with E-state index in [0.717, 1.165) is 29.0 Å². The van der Waals surface area contributed by atoms with E-state index >= 15 is 0 Å². The summed E-state index contributed by atoms with van der Waals surface area (Å²) in [4.78, 5) is 4.56. The fourth-order valence-electron chi connectivity index (χ4n) is 1.81. The van der Waals surface area contributed by atoms with Crippen molar-refractivity contribution < 1.29 is 4.39 Å². The van der Waals surface area contributed by atoms with Gasteiger partial charge in [0.25, 0.3) is 0 Å². The second-order valence-electron chi connectivity index (χ2n) is 4.70. The summed E-state index contributed by atoms with van der Waals surface area (Å²) in [5.41, 5.74) is 3.47. The molecule has 1 unspecified atom stereocenters. The molecular formula is C17H22FN. The molecular weight excluding hydrogens is 237 g/mol. The molecule has 0 heterocycles. The third kappa shape index (κ3) is 4.47. The summed E-state index contributed by atoms with van der Waals surface area (Å²) in [6, 6.07) is 0. The van der Waals surface area contributed by atoms with Crippen LogP contribution in [-0.4, -0.2) is 5.71 Å². The molecule has 0 fully saturated rings. The van der Waals surface area contributed by atoms with Gasteiger partial charge in [-0.2, -0.15) is 0 Å². The van der Waals surface area contributed by atoms with E-state index in [1.54, 1.807) is 6.08 Å². The number of hydrogen-bond acceptors (Lipinski definition) is 1. The predicted molar refractivity (Wildman–Crippen MR) is 81.9 cm³/mol. The Morgan fingerprint density at radius 3 is 2.79 bits per heavy atom. The highest BCUT2D eigenvalue weighted by molar-refractivity contribution is 6.02. The fourth-order valence-corrected chi connectivity index (χ4v) is 1.81. The second-order valence-corrected chi connectivity index (χ2v) is 4.70. The van der Waals surface area contributed by atoms with Crippen LogP contribution in [0.15, 0.2) is 64.6 Å². The smallest absolute Gasteiger partial charge is 0.120 e. The summed E-state index contributed by atoms with van der Waals surface area (Å²) in [6.45, 7) is 11.8. The van der Waals surface area contributed by atoms with Crippen LogP contribution in [0.1, 0.15) is 34.1 Å². The molecule has 0 radical (unpaired) electrons. The van der Waals surface area contributed by atoms with E-state index in [4.69, 9.17) is 0 Å².